The Balaban J connectivity index is 0. The quantitative estimate of drug-likeness (QED) is 0.862. The molecule has 0 aromatic heterocycles. The van der Waals surface area contributed by atoms with Crippen LogP contribution in [0.4, 0.5) is 0 Å². The van der Waals surface area contributed by atoms with Crippen molar-refractivity contribution in [2.45, 2.75) is 46.6 Å². The van der Waals surface area contributed by atoms with Crippen LogP contribution in [0, 0.1) is 0 Å². The van der Waals surface area contributed by atoms with Crippen LogP contribution in [0.1, 0.15) is 42.5 Å². The van der Waals surface area contributed by atoms with Gasteiger partial charge in [0.1, 0.15) is 0 Å². The van der Waals surface area contributed by atoms with Gasteiger partial charge in [-0.15, -0.1) is 0 Å². The third kappa shape index (κ3) is 5.59. The first-order valence-electron chi connectivity index (χ1n) is 6.19. The van der Waals surface area contributed by atoms with Gasteiger partial charge in [0.25, 0.3) is 0 Å². The molecule has 0 aliphatic heterocycles. The summed E-state index contributed by atoms with van der Waals surface area (Å²) in [5, 5.41) is 0. The molecule has 0 fully saturated rings. The lowest BCUT2D eigenvalue weighted by Gasteiger charge is -2.21. The number of thioether (sulfide) groups is 1. The number of hydrogen-bond donors (Lipinski definition) is 1. The molecule has 1 aliphatic rings. The fourth-order valence-corrected chi connectivity index (χ4v) is 3.97. The number of sulfonamides is 1. The van der Waals surface area contributed by atoms with Gasteiger partial charge in [-0.05, 0) is 39.0 Å². The van der Waals surface area contributed by atoms with E-state index in [0.717, 1.165) is 17.7 Å². The van der Waals surface area contributed by atoms with E-state index in [1.807, 2.05) is 47.0 Å². The van der Waals surface area contributed by atoms with E-state index < -0.39 is 15.6 Å². The second-order valence-electron chi connectivity index (χ2n) is 4.82. The van der Waals surface area contributed by atoms with Crippen LogP contribution >= 0.6 is 11.8 Å². The van der Waals surface area contributed by atoms with Crippen molar-refractivity contribution in [1.82, 2.24) is 4.72 Å². The Morgan fingerprint density at radius 3 is 2.33 bits per heavy atom. The van der Waals surface area contributed by atoms with Crippen LogP contribution in [0.15, 0.2) is 22.6 Å². The minimum Gasteiger partial charge on any atom is -0.207 e. The Labute approximate surface area is 118 Å². The summed E-state index contributed by atoms with van der Waals surface area (Å²) in [5.74, 6) is 0.747. The topological polar surface area (TPSA) is 46.2 Å². The van der Waals surface area contributed by atoms with Gasteiger partial charge >= 0.3 is 0 Å². The zero-order valence-corrected chi connectivity index (χ0v) is 13.8. The summed E-state index contributed by atoms with van der Waals surface area (Å²) in [5.41, 5.74) is 0.483. The Hall–Kier alpha value is -0.260. The average molecular weight is 293 g/mol. The van der Waals surface area contributed by atoms with Gasteiger partial charge in [0.2, 0.25) is 10.0 Å². The van der Waals surface area contributed by atoms with Crippen LogP contribution in [0.25, 0.3) is 0 Å². The summed E-state index contributed by atoms with van der Waals surface area (Å²) >= 11 is 1.64. The van der Waals surface area contributed by atoms with Crippen LogP contribution in [-0.2, 0) is 10.0 Å². The normalized spacial score (nSPS) is 15.7. The van der Waals surface area contributed by atoms with E-state index in [2.05, 4.69) is 4.72 Å². The highest BCUT2D eigenvalue weighted by molar-refractivity contribution is 7.99. The molecule has 0 heterocycles. The molecule has 108 valence electrons. The van der Waals surface area contributed by atoms with E-state index in [9.17, 15) is 8.42 Å². The number of allylic oxidation sites excluding steroid dienone is 3. The number of hydrogen-bond acceptors (Lipinski definition) is 3. The first-order chi connectivity index (χ1) is 8.26. The third-order valence-corrected chi connectivity index (χ3v) is 4.50. The lowest BCUT2D eigenvalue weighted by molar-refractivity contribution is 0.495. The molecular weight excluding hydrogens is 266 g/mol. The second-order valence-corrected chi connectivity index (χ2v) is 7.34. The predicted octanol–water partition coefficient (Wildman–Crippen LogP) is 3.55. The molecule has 1 N–H and O–H groups in total. The van der Waals surface area contributed by atoms with Crippen molar-refractivity contribution >= 4 is 21.8 Å². The lowest BCUT2D eigenvalue weighted by atomic mass is 10.1. The molecule has 0 bridgehead atoms. The van der Waals surface area contributed by atoms with Crippen LogP contribution < -0.4 is 4.72 Å². The number of rotatable bonds is 4. The molecule has 18 heavy (non-hydrogen) atoms. The van der Waals surface area contributed by atoms with Gasteiger partial charge in [-0.1, -0.05) is 26.0 Å². The van der Waals surface area contributed by atoms with Crippen LogP contribution in [0.2, 0.25) is 0 Å². The Morgan fingerprint density at radius 1 is 1.33 bits per heavy atom. The van der Waals surface area contributed by atoms with E-state index in [1.54, 1.807) is 17.8 Å². The maximum absolute atomic E-state index is 12.1. The summed E-state index contributed by atoms with van der Waals surface area (Å²) in [6.07, 6.45) is 6.45. The molecule has 0 amide bonds. The Bertz CT molecular complexity index is 420. The van der Waals surface area contributed by atoms with Crippen molar-refractivity contribution in [3.8, 4) is 0 Å². The van der Waals surface area contributed by atoms with Crippen molar-refractivity contribution in [3.05, 3.63) is 22.6 Å². The molecular formula is C13H27NO2S2. The smallest absolute Gasteiger partial charge is 0.207 e. The van der Waals surface area contributed by atoms with Crippen LogP contribution in [-0.4, -0.2) is 26.0 Å². The first kappa shape index (κ1) is 17.7. The van der Waals surface area contributed by atoms with E-state index in [1.165, 1.54) is 0 Å². The summed E-state index contributed by atoms with van der Waals surface area (Å²) in [6, 6.07) is 0. The standard InChI is InChI=1S/C11H19NO2S2.C2H6.H2/c1-11(2,3)12-16(13,14)10-7-5-6-9(10)8-15-4;1-2;/h6-7,12H,5,8H2,1-4H3;1-2H3;1H. The highest BCUT2D eigenvalue weighted by Crippen LogP contribution is 2.27. The van der Waals surface area contributed by atoms with Gasteiger partial charge in [-0.2, -0.15) is 11.8 Å². The molecule has 1 aliphatic carbocycles. The van der Waals surface area contributed by atoms with Gasteiger partial charge in [0.05, 0.1) is 4.91 Å². The molecule has 0 saturated heterocycles. The zero-order valence-electron chi connectivity index (χ0n) is 12.2. The largest absolute Gasteiger partial charge is 0.241 e. The maximum atomic E-state index is 12.1. The molecule has 0 aromatic carbocycles. The van der Waals surface area contributed by atoms with Gasteiger partial charge in [-0.25, -0.2) is 13.1 Å². The van der Waals surface area contributed by atoms with Gasteiger partial charge < -0.3 is 0 Å². The van der Waals surface area contributed by atoms with E-state index in [4.69, 9.17) is 0 Å². The second kappa shape index (κ2) is 7.36. The number of nitrogens with one attached hydrogen (secondary N) is 1. The van der Waals surface area contributed by atoms with Gasteiger partial charge in [0, 0.05) is 12.7 Å². The van der Waals surface area contributed by atoms with Crippen LogP contribution in [0.3, 0.4) is 0 Å². The highest BCUT2D eigenvalue weighted by Gasteiger charge is 2.27. The fraction of sp³-hybridized carbons (Fsp3) is 0.692. The predicted molar refractivity (Wildman–Crippen MR) is 84.4 cm³/mol. The fourth-order valence-electron chi connectivity index (χ4n) is 1.57. The summed E-state index contributed by atoms with van der Waals surface area (Å²) < 4.78 is 26.9. The van der Waals surface area contributed by atoms with E-state index in [0.29, 0.717) is 4.91 Å². The molecule has 0 aromatic rings. The molecule has 0 radical (unpaired) electrons. The Kier molecular flexibility index (Phi) is 7.25. The lowest BCUT2D eigenvalue weighted by Crippen LogP contribution is -2.41. The molecule has 0 spiro atoms. The van der Waals surface area contributed by atoms with Crippen LogP contribution in [0.5, 0.6) is 0 Å². The van der Waals surface area contributed by atoms with Gasteiger partial charge in [0.15, 0.2) is 0 Å². The SMILES string of the molecule is CC.CSCC1=CCC=C1S(=O)(=O)NC(C)(C)C.[HH]. The maximum Gasteiger partial charge on any atom is 0.241 e. The zero-order chi connectivity index (χ0) is 14.4. The summed E-state index contributed by atoms with van der Waals surface area (Å²) in [4.78, 5) is 0.455. The molecule has 5 heteroatoms. The van der Waals surface area contributed by atoms with Crippen molar-refractivity contribution < 1.29 is 9.84 Å². The highest BCUT2D eigenvalue weighted by atomic mass is 32.2. The molecule has 0 unspecified atom stereocenters. The minimum absolute atomic E-state index is 0. The monoisotopic (exact) mass is 293 g/mol. The van der Waals surface area contributed by atoms with Crippen molar-refractivity contribution in [3.63, 3.8) is 0 Å². The third-order valence-electron chi connectivity index (χ3n) is 2.01. The first-order valence-corrected chi connectivity index (χ1v) is 9.06. The van der Waals surface area contributed by atoms with Crippen molar-refractivity contribution in [1.29, 1.82) is 0 Å². The van der Waals surface area contributed by atoms with E-state index in [-0.39, 0.29) is 1.43 Å². The van der Waals surface area contributed by atoms with Crippen molar-refractivity contribution in [2.24, 2.45) is 0 Å². The minimum atomic E-state index is -3.36. The summed E-state index contributed by atoms with van der Waals surface area (Å²) in [6.45, 7) is 9.54. The molecule has 0 atom stereocenters. The average Bonchev–Trinajstić information content (AvgIpc) is 2.67. The van der Waals surface area contributed by atoms with E-state index >= 15 is 0 Å². The Morgan fingerprint density at radius 2 is 1.89 bits per heavy atom. The summed E-state index contributed by atoms with van der Waals surface area (Å²) in [7, 11) is -3.36. The van der Waals surface area contributed by atoms with Gasteiger partial charge in [-0.3, -0.25) is 0 Å². The molecule has 3 nitrogen and oxygen atoms in total. The molecule has 1 rings (SSSR count). The van der Waals surface area contributed by atoms with Crippen molar-refractivity contribution in [2.75, 3.05) is 12.0 Å². The molecule has 0 saturated carbocycles.